The van der Waals surface area contributed by atoms with Crippen molar-refractivity contribution < 1.29 is 0 Å². The molecule has 0 aliphatic carbocycles. The van der Waals surface area contributed by atoms with Crippen LogP contribution in [0.5, 0.6) is 0 Å². The van der Waals surface area contributed by atoms with Gasteiger partial charge in [0.1, 0.15) is 0 Å². The third kappa shape index (κ3) is 8.29. The lowest BCUT2D eigenvalue weighted by atomic mass is 9.88. The van der Waals surface area contributed by atoms with Crippen LogP contribution in [-0.2, 0) is 38.5 Å². The van der Waals surface area contributed by atoms with Crippen LogP contribution in [0.25, 0.3) is 0 Å². The maximum absolute atomic E-state index is 2.49. The zero-order valence-electron chi connectivity index (χ0n) is 20.5. The Bertz CT molecular complexity index is 691. The number of hydrogen-bond donors (Lipinski definition) is 0. The highest BCUT2D eigenvalue weighted by Crippen LogP contribution is 2.23. The molecule has 2 rings (SSSR count). The van der Waals surface area contributed by atoms with Crippen LogP contribution in [0.3, 0.4) is 0 Å². The van der Waals surface area contributed by atoms with E-state index in [1.165, 1.54) is 77.0 Å². The molecule has 0 radical (unpaired) electrons. The first kappa shape index (κ1) is 24.7. The zero-order valence-corrected chi connectivity index (χ0v) is 20.5. The van der Waals surface area contributed by atoms with Crippen molar-refractivity contribution >= 4 is 0 Å². The van der Waals surface area contributed by atoms with E-state index in [9.17, 15) is 0 Å². The predicted octanol–water partition coefficient (Wildman–Crippen LogP) is 8.70. The van der Waals surface area contributed by atoms with Gasteiger partial charge in [0.05, 0.1) is 0 Å². The van der Waals surface area contributed by atoms with Crippen LogP contribution in [0, 0.1) is 5.92 Å². The third-order valence-electron chi connectivity index (χ3n) is 6.32. The monoisotopic (exact) mass is 406 g/mol. The first-order valence-electron chi connectivity index (χ1n) is 12.8. The van der Waals surface area contributed by atoms with Gasteiger partial charge in [-0.15, -0.1) is 0 Å². The average molecular weight is 407 g/mol. The van der Waals surface area contributed by atoms with Crippen molar-refractivity contribution in [1.82, 2.24) is 0 Å². The summed E-state index contributed by atoms with van der Waals surface area (Å²) in [6.07, 6.45) is 14.8. The molecule has 0 spiro atoms. The Morgan fingerprint density at radius 1 is 0.467 bits per heavy atom. The topological polar surface area (TPSA) is 0 Å². The molecule has 0 aliphatic rings. The lowest BCUT2D eigenvalue weighted by molar-refractivity contribution is 0.467. The summed E-state index contributed by atoms with van der Waals surface area (Å²) in [4.78, 5) is 0. The Balaban J connectivity index is 2.09. The highest BCUT2D eigenvalue weighted by Gasteiger charge is 2.11. The van der Waals surface area contributed by atoms with Gasteiger partial charge in [-0.3, -0.25) is 0 Å². The van der Waals surface area contributed by atoms with Crippen molar-refractivity contribution in [3.63, 3.8) is 0 Å². The van der Waals surface area contributed by atoms with E-state index in [-0.39, 0.29) is 0 Å². The molecule has 0 nitrogen and oxygen atoms in total. The van der Waals surface area contributed by atoms with E-state index in [1.54, 1.807) is 33.4 Å². The smallest absolute Gasteiger partial charge is 0.0250 e. The molecule has 0 aromatic heterocycles. The van der Waals surface area contributed by atoms with E-state index in [0.29, 0.717) is 0 Å². The standard InChI is InChI=1S/C30H46/c1-6-11-25-18-26(12-7-2)21-29(20-25)16-15-24(10-5)17-30-22-27(13-8-3)19-28(23-30)14-9-4/h18-24H,6-17H2,1-5H3. The van der Waals surface area contributed by atoms with Crippen molar-refractivity contribution in [2.45, 2.75) is 112 Å². The Morgan fingerprint density at radius 2 is 0.800 bits per heavy atom. The predicted molar refractivity (Wildman–Crippen MR) is 135 cm³/mol. The minimum absolute atomic E-state index is 0.779. The number of aryl methyl sites for hydroxylation is 5. The van der Waals surface area contributed by atoms with Crippen LogP contribution in [0.15, 0.2) is 36.4 Å². The van der Waals surface area contributed by atoms with Gasteiger partial charge in [0.15, 0.2) is 0 Å². The molecule has 0 aliphatic heterocycles. The van der Waals surface area contributed by atoms with Crippen LogP contribution in [-0.4, -0.2) is 0 Å². The fourth-order valence-corrected chi connectivity index (χ4v) is 4.83. The van der Waals surface area contributed by atoms with Gasteiger partial charge in [-0.05, 0) is 84.2 Å². The highest BCUT2D eigenvalue weighted by molar-refractivity contribution is 5.32. The second-order valence-electron chi connectivity index (χ2n) is 9.33. The normalized spacial score (nSPS) is 12.3. The second-order valence-corrected chi connectivity index (χ2v) is 9.33. The molecule has 0 bridgehead atoms. The largest absolute Gasteiger partial charge is 0.0651 e. The molecule has 1 atom stereocenters. The Hall–Kier alpha value is -1.56. The van der Waals surface area contributed by atoms with Crippen molar-refractivity contribution in [3.05, 3.63) is 69.8 Å². The van der Waals surface area contributed by atoms with E-state index in [4.69, 9.17) is 0 Å². The van der Waals surface area contributed by atoms with E-state index in [2.05, 4.69) is 71.0 Å². The molecule has 0 heteroatoms. The Kier molecular flexibility index (Phi) is 11.3. The lowest BCUT2D eigenvalue weighted by Crippen LogP contribution is -2.07. The first-order valence-corrected chi connectivity index (χ1v) is 12.8. The minimum Gasteiger partial charge on any atom is -0.0651 e. The number of rotatable bonds is 14. The summed E-state index contributed by atoms with van der Waals surface area (Å²) >= 11 is 0. The van der Waals surface area contributed by atoms with Crippen LogP contribution in [0.2, 0.25) is 0 Å². The summed E-state index contributed by atoms with van der Waals surface area (Å²) in [6, 6.07) is 14.8. The second kappa shape index (κ2) is 13.7. The first-order chi connectivity index (χ1) is 14.6. The Morgan fingerprint density at radius 3 is 1.13 bits per heavy atom. The summed E-state index contributed by atoms with van der Waals surface area (Å²) < 4.78 is 0. The van der Waals surface area contributed by atoms with Crippen LogP contribution < -0.4 is 0 Å². The lowest BCUT2D eigenvalue weighted by Gasteiger charge is -2.18. The molecule has 0 saturated heterocycles. The van der Waals surface area contributed by atoms with Gasteiger partial charge < -0.3 is 0 Å². The third-order valence-corrected chi connectivity index (χ3v) is 6.32. The SMILES string of the molecule is CCCc1cc(CCC)cc(CCC(CC)Cc2cc(CCC)cc(CCC)c2)c1. The fourth-order valence-electron chi connectivity index (χ4n) is 4.83. The van der Waals surface area contributed by atoms with Crippen LogP contribution >= 0.6 is 0 Å². The van der Waals surface area contributed by atoms with Gasteiger partial charge in [-0.1, -0.05) is 103 Å². The molecule has 166 valence electrons. The summed E-state index contributed by atoms with van der Waals surface area (Å²) in [5.41, 5.74) is 9.32. The summed E-state index contributed by atoms with van der Waals surface area (Å²) in [6.45, 7) is 11.5. The molecule has 0 saturated carbocycles. The van der Waals surface area contributed by atoms with Crippen molar-refractivity contribution in [2.75, 3.05) is 0 Å². The molecule has 2 aromatic carbocycles. The highest BCUT2D eigenvalue weighted by atomic mass is 14.2. The van der Waals surface area contributed by atoms with Gasteiger partial charge in [0.25, 0.3) is 0 Å². The van der Waals surface area contributed by atoms with Gasteiger partial charge in [0, 0.05) is 0 Å². The molecule has 0 fully saturated rings. The van der Waals surface area contributed by atoms with Gasteiger partial charge in [-0.25, -0.2) is 0 Å². The number of hydrogen-bond acceptors (Lipinski definition) is 0. The fraction of sp³-hybridized carbons (Fsp3) is 0.600. The van der Waals surface area contributed by atoms with Crippen molar-refractivity contribution in [1.29, 1.82) is 0 Å². The average Bonchev–Trinajstić information content (AvgIpc) is 2.72. The van der Waals surface area contributed by atoms with Crippen molar-refractivity contribution in [2.24, 2.45) is 5.92 Å². The molecular formula is C30H46. The van der Waals surface area contributed by atoms with Gasteiger partial charge in [0.2, 0.25) is 0 Å². The van der Waals surface area contributed by atoms with Crippen LogP contribution in [0.4, 0.5) is 0 Å². The summed E-state index contributed by atoms with van der Waals surface area (Å²) in [7, 11) is 0. The van der Waals surface area contributed by atoms with E-state index in [1.807, 2.05) is 0 Å². The summed E-state index contributed by atoms with van der Waals surface area (Å²) in [5.74, 6) is 0.779. The molecule has 1 unspecified atom stereocenters. The maximum Gasteiger partial charge on any atom is -0.0250 e. The number of benzene rings is 2. The van der Waals surface area contributed by atoms with E-state index >= 15 is 0 Å². The Labute approximate surface area is 187 Å². The van der Waals surface area contributed by atoms with E-state index < -0.39 is 0 Å². The molecule has 0 amide bonds. The molecule has 30 heavy (non-hydrogen) atoms. The summed E-state index contributed by atoms with van der Waals surface area (Å²) in [5, 5.41) is 0. The molecule has 0 heterocycles. The molecule has 2 aromatic rings. The van der Waals surface area contributed by atoms with Gasteiger partial charge >= 0.3 is 0 Å². The van der Waals surface area contributed by atoms with E-state index in [0.717, 1.165) is 5.92 Å². The van der Waals surface area contributed by atoms with Crippen molar-refractivity contribution in [3.8, 4) is 0 Å². The zero-order chi connectivity index (χ0) is 21.8. The van der Waals surface area contributed by atoms with Crippen LogP contribution in [0.1, 0.15) is 107 Å². The van der Waals surface area contributed by atoms with Gasteiger partial charge in [-0.2, -0.15) is 0 Å². The molecular weight excluding hydrogens is 360 g/mol. The quantitative estimate of drug-likeness (QED) is 0.294. The maximum atomic E-state index is 2.49. The molecule has 0 N–H and O–H groups in total. The minimum atomic E-state index is 0.779.